The van der Waals surface area contributed by atoms with Crippen LogP contribution in [0.15, 0.2) is 35.7 Å². The van der Waals surface area contributed by atoms with Gasteiger partial charge >= 0.3 is 5.97 Å². The van der Waals surface area contributed by atoms with Crippen LogP contribution in [0.2, 0.25) is 0 Å². The lowest BCUT2D eigenvalue weighted by Crippen LogP contribution is -2.10. The zero-order valence-electron chi connectivity index (χ0n) is 13.5. The number of ether oxygens (including phenoxy) is 3. The van der Waals surface area contributed by atoms with Crippen LogP contribution in [0.3, 0.4) is 0 Å². The van der Waals surface area contributed by atoms with Crippen molar-refractivity contribution < 1.29 is 23.8 Å². The number of carbonyl (C=O) groups is 2. The maximum Gasteiger partial charge on any atom is 0.350 e. The molecule has 6 nitrogen and oxygen atoms in total. The van der Waals surface area contributed by atoms with Crippen LogP contribution in [0.5, 0.6) is 11.5 Å². The number of hydrogen-bond acceptors (Lipinski definition) is 6. The summed E-state index contributed by atoms with van der Waals surface area (Å²) in [5.41, 5.74) is 1.20. The first-order valence-corrected chi connectivity index (χ1v) is 7.84. The van der Waals surface area contributed by atoms with Gasteiger partial charge in [-0.2, -0.15) is 0 Å². The third-order valence-corrected chi connectivity index (χ3v) is 4.02. The molecular weight excluding hydrogens is 330 g/mol. The fourth-order valence-corrected chi connectivity index (χ4v) is 2.73. The van der Waals surface area contributed by atoms with E-state index in [2.05, 4.69) is 10.1 Å². The molecule has 0 aliphatic heterocycles. The van der Waals surface area contributed by atoms with Gasteiger partial charge in [0.2, 0.25) is 5.91 Å². The van der Waals surface area contributed by atoms with Crippen LogP contribution in [0.4, 0.5) is 5.69 Å². The van der Waals surface area contributed by atoms with Gasteiger partial charge < -0.3 is 19.5 Å². The second-order valence-electron chi connectivity index (χ2n) is 4.59. The van der Waals surface area contributed by atoms with E-state index < -0.39 is 5.97 Å². The summed E-state index contributed by atoms with van der Waals surface area (Å²) in [5.74, 6) is 0.350. The molecule has 0 unspecified atom stereocenters. The van der Waals surface area contributed by atoms with Gasteiger partial charge in [0.25, 0.3) is 0 Å². The number of carbonyl (C=O) groups excluding carboxylic acids is 2. The predicted molar refractivity (Wildman–Crippen MR) is 92.9 cm³/mol. The standard InChI is InChI=1S/C17H17NO5S/c1-21-13-6-4-11(10-14(13)22-2)5-7-15(19)18-12-8-9-24-16(12)17(20)23-3/h4-10H,1-3H3,(H,18,19)/b7-5+. The summed E-state index contributed by atoms with van der Waals surface area (Å²) < 4.78 is 15.0. The molecule has 1 amide bonds. The third kappa shape index (κ3) is 4.14. The minimum absolute atomic E-state index is 0.352. The Morgan fingerprint density at radius 2 is 1.83 bits per heavy atom. The summed E-state index contributed by atoms with van der Waals surface area (Å²) in [4.78, 5) is 24.0. The van der Waals surface area contributed by atoms with Gasteiger partial charge in [0.15, 0.2) is 11.5 Å². The molecule has 2 aromatic rings. The second-order valence-corrected chi connectivity index (χ2v) is 5.51. The average molecular weight is 347 g/mol. The Kier molecular flexibility index (Phi) is 5.97. The monoisotopic (exact) mass is 347 g/mol. The molecule has 1 aromatic heterocycles. The Hall–Kier alpha value is -2.80. The molecule has 0 atom stereocenters. The van der Waals surface area contributed by atoms with Crippen molar-refractivity contribution in [3.63, 3.8) is 0 Å². The van der Waals surface area contributed by atoms with Crippen molar-refractivity contribution in [3.05, 3.63) is 46.2 Å². The minimum Gasteiger partial charge on any atom is -0.493 e. The van der Waals surface area contributed by atoms with Crippen LogP contribution in [-0.4, -0.2) is 33.2 Å². The van der Waals surface area contributed by atoms with Crippen molar-refractivity contribution in [3.8, 4) is 11.5 Å². The first-order chi connectivity index (χ1) is 11.6. The average Bonchev–Trinajstić information content (AvgIpc) is 3.06. The van der Waals surface area contributed by atoms with Crippen LogP contribution in [-0.2, 0) is 9.53 Å². The molecule has 1 N–H and O–H groups in total. The molecule has 126 valence electrons. The molecule has 0 saturated heterocycles. The lowest BCUT2D eigenvalue weighted by Gasteiger charge is -2.07. The number of esters is 1. The van der Waals surface area contributed by atoms with E-state index in [1.807, 2.05) is 0 Å². The van der Waals surface area contributed by atoms with E-state index in [4.69, 9.17) is 9.47 Å². The molecule has 0 aliphatic rings. The third-order valence-electron chi connectivity index (χ3n) is 3.13. The topological polar surface area (TPSA) is 73.9 Å². The summed E-state index contributed by atoms with van der Waals surface area (Å²) >= 11 is 1.20. The number of benzene rings is 1. The lowest BCUT2D eigenvalue weighted by atomic mass is 10.2. The maximum atomic E-state index is 12.0. The van der Waals surface area contributed by atoms with Gasteiger partial charge in [0.1, 0.15) is 4.88 Å². The first-order valence-electron chi connectivity index (χ1n) is 6.96. The minimum atomic E-state index is -0.482. The second kappa shape index (κ2) is 8.16. The Morgan fingerprint density at radius 3 is 2.50 bits per heavy atom. The molecule has 0 bridgehead atoms. The molecule has 0 radical (unpaired) electrons. The van der Waals surface area contributed by atoms with E-state index in [9.17, 15) is 9.59 Å². The summed E-state index contributed by atoms with van der Waals surface area (Å²) in [6.45, 7) is 0. The Morgan fingerprint density at radius 1 is 1.08 bits per heavy atom. The normalized spacial score (nSPS) is 10.5. The van der Waals surface area contributed by atoms with Crippen molar-refractivity contribution in [2.45, 2.75) is 0 Å². The van der Waals surface area contributed by atoms with Gasteiger partial charge in [-0.15, -0.1) is 11.3 Å². The fourth-order valence-electron chi connectivity index (χ4n) is 1.96. The number of nitrogens with one attached hydrogen (secondary N) is 1. The molecule has 2 rings (SSSR count). The van der Waals surface area contributed by atoms with Crippen LogP contribution in [0.25, 0.3) is 6.08 Å². The lowest BCUT2D eigenvalue weighted by molar-refractivity contribution is -0.111. The van der Waals surface area contributed by atoms with Gasteiger partial charge in [0, 0.05) is 6.08 Å². The van der Waals surface area contributed by atoms with E-state index in [1.54, 1.807) is 49.9 Å². The number of amides is 1. The molecule has 1 aromatic carbocycles. The largest absolute Gasteiger partial charge is 0.493 e. The smallest absolute Gasteiger partial charge is 0.350 e. The Labute approximate surface area is 143 Å². The fraction of sp³-hybridized carbons (Fsp3) is 0.176. The van der Waals surface area contributed by atoms with Crippen LogP contribution in [0, 0.1) is 0 Å². The zero-order valence-corrected chi connectivity index (χ0v) is 14.3. The number of rotatable bonds is 6. The Bertz CT molecular complexity index is 766. The molecule has 0 saturated carbocycles. The van der Waals surface area contributed by atoms with E-state index in [0.717, 1.165) is 5.56 Å². The van der Waals surface area contributed by atoms with Crippen molar-refractivity contribution in [2.75, 3.05) is 26.6 Å². The first kappa shape index (κ1) is 17.6. The van der Waals surface area contributed by atoms with Crippen molar-refractivity contribution in [1.29, 1.82) is 0 Å². The van der Waals surface area contributed by atoms with Gasteiger partial charge in [-0.25, -0.2) is 4.79 Å². The number of thiophene rings is 1. The summed E-state index contributed by atoms with van der Waals surface area (Å²) in [6, 6.07) is 6.96. The SMILES string of the molecule is COC(=O)c1sccc1NC(=O)/C=C/c1ccc(OC)c(OC)c1. The highest BCUT2D eigenvalue weighted by Gasteiger charge is 2.14. The van der Waals surface area contributed by atoms with Crippen LogP contribution < -0.4 is 14.8 Å². The Balaban J connectivity index is 2.09. The van der Waals surface area contributed by atoms with E-state index in [0.29, 0.717) is 22.1 Å². The molecule has 1 heterocycles. The summed E-state index contributed by atoms with van der Waals surface area (Å²) in [6.07, 6.45) is 3.02. The van der Waals surface area contributed by atoms with E-state index in [-0.39, 0.29) is 5.91 Å². The molecule has 7 heteroatoms. The zero-order chi connectivity index (χ0) is 17.5. The molecule has 0 fully saturated rings. The molecule has 0 spiro atoms. The molecular formula is C17H17NO5S. The number of anilines is 1. The van der Waals surface area contributed by atoms with E-state index in [1.165, 1.54) is 24.5 Å². The van der Waals surface area contributed by atoms with Crippen LogP contribution >= 0.6 is 11.3 Å². The predicted octanol–water partition coefficient (Wildman–Crippen LogP) is 3.20. The van der Waals surface area contributed by atoms with Gasteiger partial charge in [-0.05, 0) is 35.2 Å². The van der Waals surface area contributed by atoms with Crippen molar-refractivity contribution in [1.82, 2.24) is 0 Å². The highest BCUT2D eigenvalue weighted by molar-refractivity contribution is 7.12. The number of hydrogen-bond donors (Lipinski definition) is 1. The highest BCUT2D eigenvalue weighted by Crippen LogP contribution is 2.28. The van der Waals surface area contributed by atoms with E-state index >= 15 is 0 Å². The van der Waals surface area contributed by atoms with Crippen LogP contribution in [0.1, 0.15) is 15.2 Å². The quantitative estimate of drug-likeness (QED) is 0.642. The van der Waals surface area contributed by atoms with Gasteiger partial charge in [0.05, 0.1) is 27.0 Å². The van der Waals surface area contributed by atoms with Crippen molar-refractivity contribution >= 4 is 35.0 Å². The van der Waals surface area contributed by atoms with Gasteiger partial charge in [-0.1, -0.05) is 6.07 Å². The maximum absolute atomic E-state index is 12.0. The molecule has 0 aliphatic carbocycles. The summed E-state index contributed by atoms with van der Waals surface area (Å²) in [7, 11) is 4.40. The van der Waals surface area contributed by atoms with Gasteiger partial charge in [-0.3, -0.25) is 4.79 Å². The number of methoxy groups -OCH3 is 3. The summed E-state index contributed by atoms with van der Waals surface area (Å²) in [5, 5.41) is 4.36. The molecule has 24 heavy (non-hydrogen) atoms. The van der Waals surface area contributed by atoms with Crippen molar-refractivity contribution in [2.24, 2.45) is 0 Å². The highest BCUT2D eigenvalue weighted by atomic mass is 32.1.